The molecule has 0 aliphatic carbocycles. The van der Waals surface area contributed by atoms with E-state index in [4.69, 9.17) is 14.6 Å². The van der Waals surface area contributed by atoms with Gasteiger partial charge < -0.3 is 14.6 Å². The Bertz CT molecular complexity index is 793. The average molecular weight is 431 g/mol. The fraction of sp³-hybridized carbons (Fsp3) is 0.667. The number of benzene rings is 1. The number of allylic oxidation sites excluding steroid dienone is 1. The number of carbonyl (C=O) groups is 1. The Morgan fingerprint density at radius 2 is 1.87 bits per heavy atom. The SMILES string of the molecule is Cc1c(C)c2c(c(C)c1OCCC(=O)O)CCC(C)(/C=C/CC(C)CCCC(C)C)O2. The van der Waals surface area contributed by atoms with E-state index < -0.39 is 5.97 Å². The van der Waals surface area contributed by atoms with Crippen molar-refractivity contribution in [1.29, 1.82) is 0 Å². The van der Waals surface area contributed by atoms with Crippen molar-refractivity contribution in [2.45, 2.75) is 99.0 Å². The summed E-state index contributed by atoms with van der Waals surface area (Å²) in [5, 5.41) is 8.90. The highest BCUT2D eigenvalue weighted by molar-refractivity contribution is 5.67. The van der Waals surface area contributed by atoms with Gasteiger partial charge >= 0.3 is 5.97 Å². The molecule has 0 aromatic heterocycles. The maximum absolute atomic E-state index is 10.8. The molecule has 2 unspecified atom stereocenters. The fourth-order valence-corrected chi connectivity index (χ4v) is 4.37. The molecule has 0 radical (unpaired) electrons. The number of fused-ring (bicyclic) bond motifs is 1. The molecular weight excluding hydrogens is 388 g/mol. The highest BCUT2D eigenvalue weighted by Gasteiger charge is 2.33. The Labute approximate surface area is 189 Å². The minimum Gasteiger partial charge on any atom is -0.492 e. The Morgan fingerprint density at radius 1 is 1.16 bits per heavy atom. The Kier molecular flexibility index (Phi) is 9.02. The summed E-state index contributed by atoms with van der Waals surface area (Å²) < 4.78 is 12.4. The molecule has 1 heterocycles. The summed E-state index contributed by atoms with van der Waals surface area (Å²) in [7, 11) is 0. The van der Waals surface area contributed by atoms with E-state index in [2.05, 4.69) is 53.7 Å². The molecule has 174 valence electrons. The number of rotatable bonds is 11. The van der Waals surface area contributed by atoms with Crippen molar-refractivity contribution < 1.29 is 19.4 Å². The lowest BCUT2D eigenvalue weighted by molar-refractivity contribution is -0.137. The van der Waals surface area contributed by atoms with Crippen LogP contribution in [0.25, 0.3) is 0 Å². The lowest BCUT2D eigenvalue weighted by Crippen LogP contribution is -2.35. The standard InChI is InChI=1S/C27H42O4/c1-18(2)10-8-11-19(3)12-9-15-27(7)16-13-23-22(6)25(30-17-14-24(28)29)20(4)21(5)26(23)31-27/h9,15,18-19H,8,10-14,16-17H2,1-7H3,(H,28,29)/b15-9+. The molecule has 0 amide bonds. The van der Waals surface area contributed by atoms with Crippen LogP contribution in [0.1, 0.15) is 88.5 Å². The maximum atomic E-state index is 10.8. The predicted molar refractivity (Wildman–Crippen MR) is 127 cm³/mol. The number of aliphatic carboxylic acids is 1. The van der Waals surface area contributed by atoms with Gasteiger partial charge in [0, 0.05) is 5.56 Å². The minimum absolute atomic E-state index is 0.00424. The second-order valence-electron chi connectivity index (χ2n) is 9.99. The van der Waals surface area contributed by atoms with E-state index in [1.165, 1.54) is 24.8 Å². The molecule has 0 bridgehead atoms. The number of carboxylic acids is 1. The van der Waals surface area contributed by atoms with E-state index in [1.54, 1.807) is 0 Å². The molecule has 4 nitrogen and oxygen atoms in total. The van der Waals surface area contributed by atoms with Crippen LogP contribution in [-0.2, 0) is 11.2 Å². The number of hydrogen-bond acceptors (Lipinski definition) is 3. The summed E-state index contributed by atoms with van der Waals surface area (Å²) in [5.74, 6) is 2.44. The molecule has 0 saturated carbocycles. The van der Waals surface area contributed by atoms with Gasteiger partial charge in [0.15, 0.2) is 0 Å². The smallest absolute Gasteiger partial charge is 0.306 e. The molecule has 1 aromatic rings. The lowest BCUT2D eigenvalue weighted by Gasteiger charge is -2.36. The van der Waals surface area contributed by atoms with Gasteiger partial charge in [0.1, 0.15) is 17.1 Å². The zero-order valence-corrected chi connectivity index (χ0v) is 20.6. The quantitative estimate of drug-likeness (QED) is 0.386. The van der Waals surface area contributed by atoms with Gasteiger partial charge in [-0.3, -0.25) is 4.79 Å². The van der Waals surface area contributed by atoms with Gasteiger partial charge in [0.25, 0.3) is 0 Å². The van der Waals surface area contributed by atoms with Gasteiger partial charge in [-0.1, -0.05) is 46.1 Å². The van der Waals surface area contributed by atoms with Crippen molar-refractivity contribution in [2.24, 2.45) is 11.8 Å². The van der Waals surface area contributed by atoms with Crippen molar-refractivity contribution in [2.75, 3.05) is 6.61 Å². The Morgan fingerprint density at radius 3 is 2.52 bits per heavy atom. The van der Waals surface area contributed by atoms with E-state index in [0.717, 1.165) is 53.4 Å². The van der Waals surface area contributed by atoms with E-state index in [9.17, 15) is 4.79 Å². The van der Waals surface area contributed by atoms with Gasteiger partial charge in [-0.25, -0.2) is 0 Å². The van der Waals surface area contributed by atoms with Crippen LogP contribution in [0.5, 0.6) is 11.5 Å². The first-order valence-electron chi connectivity index (χ1n) is 11.9. The van der Waals surface area contributed by atoms with Gasteiger partial charge in [-0.2, -0.15) is 0 Å². The monoisotopic (exact) mass is 430 g/mol. The predicted octanol–water partition coefficient (Wildman–Crippen LogP) is 6.96. The molecule has 1 aromatic carbocycles. The Hall–Kier alpha value is -1.97. The molecule has 2 atom stereocenters. The third kappa shape index (κ3) is 7.02. The highest BCUT2D eigenvalue weighted by atomic mass is 16.5. The summed E-state index contributed by atoms with van der Waals surface area (Å²) >= 11 is 0. The number of carboxylic acid groups (broad SMARTS) is 1. The second kappa shape index (κ2) is 11.1. The molecule has 1 N–H and O–H groups in total. The van der Waals surface area contributed by atoms with Crippen LogP contribution in [0.15, 0.2) is 12.2 Å². The van der Waals surface area contributed by atoms with Crippen molar-refractivity contribution in [3.05, 3.63) is 34.4 Å². The lowest BCUT2D eigenvalue weighted by atomic mass is 9.86. The molecule has 1 aliphatic heterocycles. The molecule has 1 aliphatic rings. The van der Waals surface area contributed by atoms with E-state index in [0.29, 0.717) is 5.92 Å². The summed E-state index contributed by atoms with van der Waals surface area (Å²) in [4.78, 5) is 10.8. The van der Waals surface area contributed by atoms with Gasteiger partial charge in [-0.15, -0.1) is 0 Å². The third-order valence-corrected chi connectivity index (χ3v) is 6.57. The number of ether oxygens (including phenoxy) is 2. The summed E-state index contributed by atoms with van der Waals surface area (Å²) in [6, 6.07) is 0. The summed E-state index contributed by atoms with van der Waals surface area (Å²) in [6.07, 6.45) is 11.4. The van der Waals surface area contributed by atoms with E-state index >= 15 is 0 Å². The first kappa shape index (κ1) is 25.3. The van der Waals surface area contributed by atoms with Crippen LogP contribution in [0.3, 0.4) is 0 Å². The van der Waals surface area contributed by atoms with Crippen LogP contribution in [0.4, 0.5) is 0 Å². The van der Waals surface area contributed by atoms with Crippen molar-refractivity contribution in [3.63, 3.8) is 0 Å². The summed E-state index contributed by atoms with van der Waals surface area (Å²) in [6.45, 7) is 15.4. The minimum atomic E-state index is -0.842. The van der Waals surface area contributed by atoms with Crippen LogP contribution in [-0.4, -0.2) is 23.3 Å². The molecule has 2 rings (SSSR count). The average Bonchev–Trinajstić information content (AvgIpc) is 2.68. The van der Waals surface area contributed by atoms with Gasteiger partial charge in [0.2, 0.25) is 0 Å². The maximum Gasteiger partial charge on any atom is 0.306 e. The molecular formula is C27H42O4. The van der Waals surface area contributed by atoms with Crippen molar-refractivity contribution in [3.8, 4) is 11.5 Å². The molecule has 0 fully saturated rings. The van der Waals surface area contributed by atoms with Gasteiger partial charge in [0.05, 0.1) is 13.0 Å². The third-order valence-electron chi connectivity index (χ3n) is 6.57. The first-order chi connectivity index (χ1) is 14.5. The van der Waals surface area contributed by atoms with Crippen molar-refractivity contribution >= 4 is 5.97 Å². The van der Waals surface area contributed by atoms with E-state index in [-0.39, 0.29) is 18.6 Å². The highest BCUT2D eigenvalue weighted by Crippen LogP contribution is 2.44. The first-order valence-corrected chi connectivity index (χ1v) is 11.9. The Balaban J connectivity index is 2.07. The van der Waals surface area contributed by atoms with Crippen LogP contribution in [0, 0.1) is 32.6 Å². The zero-order chi connectivity index (χ0) is 23.2. The topological polar surface area (TPSA) is 55.8 Å². The van der Waals surface area contributed by atoms with Gasteiger partial charge in [-0.05, 0) is 81.6 Å². The second-order valence-corrected chi connectivity index (χ2v) is 9.99. The molecule has 31 heavy (non-hydrogen) atoms. The van der Waals surface area contributed by atoms with Crippen LogP contribution >= 0.6 is 0 Å². The fourth-order valence-electron chi connectivity index (χ4n) is 4.37. The molecule has 0 spiro atoms. The van der Waals surface area contributed by atoms with Crippen LogP contribution in [0.2, 0.25) is 0 Å². The largest absolute Gasteiger partial charge is 0.492 e. The molecule has 4 heteroatoms. The number of hydrogen-bond donors (Lipinski definition) is 1. The normalized spacial score (nSPS) is 19.4. The van der Waals surface area contributed by atoms with Crippen molar-refractivity contribution in [1.82, 2.24) is 0 Å². The van der Waals surface area contributed by atoms with E-state index in [1.807, 2.05) is 6.92 Å². The summed E-state index contributed by atoms with van der Waals surface area (Å²) in [5.41, 5.74) is 4.11. The zero-order valence-electron chi connectivity index (χ0n) is 20.6. The molecule has 0 saturated heterocycles. The van der Waals surface area contributed by atoms with Crippen LogP contribution < -0.4 is 9.47 Å².